The zero-order valence-corrected chi connectivity index (χ0v) is 14.9. The zero-order valence-electron chi connectivity index (χ0n) is 14.9. The van der Waals surface area contributed by atoms with E-state index in [0.717, 1.165) is 0 Å². The second kappa shape index (κ2) is 7.95. The van der Waals surface area contributed by atoms with Crippen molar-refractivity contribution in [3.05, 3.63) is 47.9 Å². The van der Waals surface area contributed by atoms with Gasteiger partial charge >= 0.3 is 0 Å². The van der Waals surface area contributed by atoms with Crippen molar-refractivity contribution in [1.29, 1.82) is 0 Å². The minimum Gasteiger partial charge on any atom is -0.493 e. The van der Waals surface area contributed by atoms with E-state index in [2.05, 4.69) is 5.32 Å². The minimum absolute atomic E-state index is 0.000872. The van der Waals surface area contributed by atoms with E-state index < -0.39 is 0 Å². The molecule has 2 heterocycles. The predicted molar refractivity (Wildman–Crippen MR) is 94.6 cm³/mol. The van der Waals surface area contributed by atoms with Gasteiger partial charge in [0.15, 0.2) is 17.3 Å². The van der Waals surface area contributed by atoms with E-state index in [4.69, 9.17) is 13.9 Å². The molecule has 3 rings (SSSR count). The summed E-state index contributed by atoms with van der Waals surface area (Å²) in [5.41, 5.74) is 0.431. The van der Waals surface area contributed by atoms with E-state index in [-0.39, 0.29) is 17.9 Å². The molecule has 1 aliphatic heterocycles. The van der Waals surface area contributed by atoms with Crippen molar-refractivity contribution in [2.45, 2.75) is 18.9 Å². The lowest BCUT2D eigenvalue weighted by molar-refractivity contribution is 0.0667. The molecule has 1 N–H and O–H groups in total. The van der Waals surface area contributed by atoms with E-state index in [1.54, 1.807) is 35.2 Å². The second-order valence-corrected chi connectivity index (χ2v) is 6.06. The summed E-state index contributed by atoms with van der Waals surface area (Å²) in [7, 11) is 3.04. The summed E-state index contributed by atoms with van der Waals surface area (Å²) >= 11 is 0. The van der Waals surface area contributed by atoms with E-state index in [0.29, 0.717) is 48.8 Å². The predicted octanol–water partition coefficient (Wildman–Crippen LogP) is 2.33. The van der Waals surface area contributed by atoms with Gasteiger partial charge in [0.1, 0.15) is 0 Å². The molecule has 1 aromatic carbocycles. The maximum Gasteiger partial charge on any atom is 0.289 e. The molecule has 0 radical (unpaired) electrons. The summed E-state index contributed by atoms with van der Waals surface area (Å²) in [6, 6.07) is 8.55. The quantitative estimate of drug-likeness (QED) is 0.887. The Labute approximate surface area is 151 Å². The first-order valence-corrected chi connectivity index (χ1v) is 8.48. The number of nitrogens with zero attached hydrogens (tertiary/aromatic N) is 1. The highest BCUT2D eigenvalue weighted by atomic mass is 16.5. The van der Waals surface area contributed by atoms with Crippen molar-refractivity contribution in [1.82, 2.24) is 10.2 Å². The molecule has 0 unspecified atom stereocenters. The lowest BCUT2D eigenvalue weighted by Crippen LogP contribution is -2.46. The molecule has 1 aliphatic rings. The SMILES string of the molecule is COc1cccc(C(=O)NC2CCN(C(=O)c3ccco3)CC2)c1OC. The fourth-order valence-corrected chi connectivity index (χ4v) is 3.11. The fourth-order valence-electron chi connectivity index (χ4n) is 3.11. The molecule has 26 heavy (non-hydrogen) atoms. The van der Waals surface area contributed by atoms with Gasteiger partial charge in [-0.2, -0.15) is 0 Å². The van der Waals surface area contributed by atoms with Crippen LogP contribution in [0.15, 0.2) is 41.0 Å². The number of rotatable bonds is 5. The first kappa shape index (κ1) is 17.8. The highest BCUT2D eigenvalue weighted by Crippen LogP contribution is 2.30. The first-order chi connectivity index (χ1) is 12.6. The number of carbonyl (C=O) groups is 2. The van der Waals surface area contributed by atoms with Crippen LogP contribution in [0.25, 0.3) is 0 Å². The van der Waals surface area contributed by atoms with E-state index >= 15 is 0 Å². The van der Waals surface area contributed by atoms with Crippen molar-refractivity contribution in [2.24, 2.45) is 0 Å². The van der Waals surface area contributed by atoms with Crippen molar-refractivity contribution in [2.75, 3.05) is 27.3 Å². The van der Waals surface area contributed by atoms with Crippen molar-refractivity contribution in [3.8, 4) is 11.5 Å². The fraction of sp³-hybridized carbons (Fsp3) is 0.368. The maximum absolute atomic E-state index is 12.6. The largest absolute Gasteiger partial charge is 0.493 e. The third-order valence-corrected chi connectivity index (χ3v) is 4.50. The van der Waals surface area contributed by atoms with Crippen molar-refractivity contribution >= 4 is 11.8 Å². The van der Waals surface area contributed by atoms with Gasteiger partial charge < -0.3 is 24.1 Å². The molecular formula is C19H22N2O5. The van der Waals surface area contributed by atoms with Gasteiger partial charge in [0.25, 0.3) is 11.8 Å². The molecule has 1 saturated heterocycles. The molecule has 1 fully saturated rings. The third kappa shape index (κ3) is 3.66. The number of carbonyl (C=O) groups excluding carboxylic acids is 2. The van der Waals surface area contributed by atoms with Crippen LogP contribution in [0.2, 0.25) is 0 Å². The Hall–Kier alpha value is -2.96. The summed E-state index contributed by atoms with van der Waals surface area (Å²) < 4.78 is 15.7. The number of piperidine rings is 1. The minimum atomic E-state index is -0.212. The lowest BCUT2D eigenvalue weighted by atomic mass is 10.0. The number of furan rings is 1. The van der Waals surface area contributed by atoms with Crippen LogP contribution >= 0.6 is 0 Å². The van der Waals surface area contributed by atoms with Crippen LogP contribution in [0.5, 0.6) is 11.5 Å². The third-order valence-electron chi connectivity index (χ3n) is 4.50. The summed E-state index contributed by atoms with van der Waals surface area (Å²) in [5.74, 6) is 0.941. The van der Waals surface area contributed by atoms with Crippen LogP contribution in [0, 0.1) is 0 Å². The molecule has 0 saturated carbocycles. The van der Waals surface area contributed by atoms with Crippen LogP contribution in [-0.4, -0.2) is 50.1 Å². The first-order valence-electron chi connectivity index (χ1n) is 8.48. The van der Waals surface area contributed by atoms with Gasteiger partial charge in [-0.3, -0.25) is 9.59 Å². The van der Waals surface area contributed by atoms with Crippen LogP contribution in [0.1, 0.15) is 33.8 Å². The Morgan fingerprint density at radius 3 is 2.50 bits per heavy atom. The molecule has 2 aromatic rings. The number of para-hydroxylation sites is 1. The van der Waals surface area contributed by atoms with E-state index in [1.165, 1.54) is 20.5 Å². The van der Waals surface area contributed by atoms with Crippen LogP contribution in [0.3, 0.4) is 0 Å². The lowest BCUT2D eigenvalue weighted by Gasteiger charge is -2.32. The number of hydrogen-bond donors (Lipinski definition) is 1. The maximum atomic E-state index is 12.6. The van der Waals surface area contributed by atoms with E-state index in [1.807, 2.05) is 0 Å². The average molecular weight is 358 g/mol. The molecule has 1 aromatic heterocycles. The Balaban J connectivity index is 1.60. The van der Waals surface area contributed by atoms with Gasteiger partial charge in [0.05, 0.1) is 26.0 Å². The average Bonchev–Trinajstić information content (AvgIpc) is 3.22. The molecule has 2 amide bonds. The van der Waals surface area contributed by atoms with Crippen molar-refractivity contribution < 1.29 is 23.5 Å². The molecule has 0 spiro atoms. The highest BCUT2D eigenvalue weighted by molar-refractivity contribution is 5.98. The monoisotopic (exact) mass is 358 g/mol. The number of benzene rings is 1. The second-order valence-electron chi connectivity index (χ2n) is 6.06. The van der Waals surface area contributed by atoms with Crippen LogP contribution in [0.4, 0.5) is 0 Å². The molecule has 0 bridgehead atoms. The summed E-state index contributed by atoms with van der Waals surface area (Å²) in [4.78, 5) is 26.6. The molecule has 7 heteroatoms. The van der Waals surface area contributed by atoms with Gasteiger partial charge in [-0.05, 0) is 37.1 Å². The number of likely N-dealkylation sites (tertiary alicyclic amines) is 1. The van der Waals surface area contributed by atoms with E-state index in [9.17, 15) is 9.59 Å². The number of hydrogen-bond acceptors (Lipinski definition) is 5. The topological polar surface area (TPSA) is 81.0 Å². The normalized spacial score (nSPS) is 14.8. The van der Waals surface area contributed by atoms with Gasteiger partial charge in [-0.25, -0.2) is 0 Å². The molecule has 0 atom stereocenters. The molecule has 138 valence electrons. The summed E-state index contributed by atoms with van der Waals surface area (Å²) in [5, 5.41) is 3.02. The van der Waals surface area contributed by atoms with Crippen molar-refractivity contribution in [3.63, 3.8) is 0 Å². The summed E-state index contributed by atoms with van der Waals surface area (Å²) in [6.45, 7) is 1.14. The van der Waals surface area contributed by atoms with Gasteiger partial charge in [0, 0.05) is 19.1 Å². The Kier molecular flexibility index (Phi) is 5.46. The zero-order chi connectivity index (χ0) is 18.5. The summed E-state index contributed by atoms with van der Waals surface area (Å²) in [6.07, 6.45) is 2.86. The number of nitrogens with one attached hydrogen (secondary N) is 1. The van der Waals surface area contributed by atoms with Gasteiger partial charge in [-0.15, -0.1) is 0 Å². The molecular weight excluding hydrogens is 336 g/mol. The number of amides is 2. The molecule has 7 nitrogen and oxygen atoms in total. The van der Waals surface area contributed by atoms with Gasteiger partial charge in [-0.1, -0.05) is 6.07 Å². The number of ether oxygens (including phenoxy) is 2. The smallest absolute Gasteiger partial charge is 0.289 e. The molecule has 0 aliphatic carbocycles. The standard InChI is InChI=1S/C19H22N2O5/c1-24-15-6-3-5-14(17(15)25-2)18(22)20-13-8-10-21(11-9-13)19(23)16-7-4-12-26-16/h3-7,12-13H,8-11H2,1-2H3,(H,20,22). The Morgan fingerprint density at radius 1 is 1.12 bits per heavy atom. The Bertz CT molecular complexity index is 764. The van der Waals surface area contributed by atoms with Crippen LogP contribution < -0.4 is 14.8 Å². The number of methoxy groups -OCH3 is 2. The van der Waals surface area contributed by atoms with Crippen LogP contribution in [-0.2, 0) is 0 Å². The highest BCUT2D eigenvalue weighted by Gasteiger charge is 2.27. The Morgan fingerprint density at radius 2 is 1.88 bits per heavy atom. The van der Waals surface area contributed by atoms with Gasteiger partial charge in [0.2, 0.25) is 0 Å².